The van der Waals surface area contributed by atoms with Gasteiger partial charge in [-0.3, -0.25) is 14.0 Å². The summed E-state index contributed by atoms with van der Waals surface area (Å²) in [5, 5.41) is 12.6. The molecular formula is C36H56F3NO7. The first kappa shape index (κ1) is 41.9. The highest BCUT2D eigenvalue weighted by atomic mass is 19.3. The number of allylic oxidation sites excluding steroid dienone is 1. The molecule has 2 N–H and O–H groups in total. The molecule has 11 heteroatoms. The van der Waals surface area contributed by atoms with Crippen molar-refractivity contribution in [2.75, 3.05) is 34.1 Å². The van der Waals surface area contributed by atoms with Crippen molar-refractivity contribution in [3.63, 3.8) is 0 Å². The van der Waals surface area contributed by atoms with Gasteiger partial charge in [-0.15, -0.1) is 0 Å². The molecule has 0 radical (unpaired) electrons. The first-order valence-electron chi connectivity index (χ1n) is 17.0. The first-order chi connectivity index (χ1) is 22.6. The molecule has 0 fully saturated rings. The minimum absolute atomic E-state index is 0.0581. The highest BCUT2D eigenvalue weighted by Crippen LogP contribution is 2.29. The van der Waals surface area contributed by atoms with Crippen molar-refractivity contribution in [2.24, 2.45) is 11.8 Å². The Morgan fingerprint density at radius 1 is 0.915 bits per heavy atom. The number of esters is 1. The second-order valence-electron chi connectivity index (χ2n) is 12.0. The molecule has 0 bridgehead atoms. The fourth-order valence-electron chi connectivity index (χ4n) is 5.27. The number of halogens is 3. The van der Waals surface area contributed by atoms with Crippen LogP contribution < -0.4 is 10.1 Å². The number of aliphatic carboxylic acids is 1. The zero-order chi connectivity index (χ0) is 34.9. The Hall–Kier alpha value is -3.08. The Bertz CT molecular complexity index is 1040. The van der Waals surface area contributed by atoms with Crippen LogP contribution in [0.4, 0.5) is 13.2 Å². The number of carbonyl (C=O) groups excluding carboxylic acids is 2. The minimum Gasteiger partial charge on any atom is -0.494 e. The van der Waals surface area contributed by atoms with Crippen molar-refractivity contribution >= 4 is 17.8 Å². The molecule has 0 saturated heterocycles. The van der Waals surface area contributed by atoms with Crippen molar-refractivity contribution in [3.05, 3.63) is 42.0 Å². The molecule has 8 nitrogen and oxygen atoms in total. The number of amides is 1. The van der Waals surface area contributed by atoms with Gasteiger partial charge in [-0.05, 0) is 49.8 Å². The van der Waals surface area contributed by atoms with Crippen molar-refractivity contribution in [1.82, 2.24) is 5.32 Å². The monoisotopic (exact) mass is 671 g/mol. The SMILES string of the molecule is CCCCCCCC(F)(F)CCCCCCC=C[C@H](C(=O)N[C@@H](Cc1ccc(OCCCF)cc1)C(=O)OC)[C@@H](CCOC)C(=O)O. The lowest BCUT2D eigenvalue weighted by molar-refractivity contribution is -0.148. The van der Waals surface area contributed by atoms with Gasteiger partial charge in [0.2, 0.25) is 11.8 Å². The number of hydrogen-bond acceptors (Lipinski definition) is 6. The number of benzene rings is 1. The molecule has 0 aliphatic rings. The third-order valence-corrected chi connectivity index (χ3v) is 8.05. The van der Waals surface area contributed by atoms with Crippen molar-refractivity contribution in [3.8, 4) is 5.75 Å². The number of carbonyl (C=O) groups is 3. The topological polar surface area (TPSA) is 111 Å². The highest BCUT2D eigenvalue weighted by molar-refractivity contribution is 5.90. The maximum Gasteiger partial charge on any atom is 0.328 e. The van der Waals surface area contributed by atoms with Crippen LogP contribution in [-0.2, 0) is 30.3 Å². The second-order valence-corrected chi connectivity index (χ2v) is 12.0. The van der Waals surface area contributed by atoms with E-state index < -0.39 is 48.3 Å². The summed E-state index contributed by atoms with van der Waals surface area (Å²) < 4.78 is 56.1. The Morgan fingerprint density at radius 2 is 1.55 bits per heavy atom. The van der Waals surface area contributed by atoms with Gasteiger partial charge in [-0.2, -0.15) is 0 Å². The zero-order valence-electron chi connectivity index (χ0n) is 28.5. The number of unbranched alkanes of at least 4 members (excludes halogenated alkanes) is 8. The Kier molecular flexibility index (Phi) is 22.3. The molecule has 0 saturated carbocycles. The molecule has 268 valence electrons. The van der Waals surface area contributed by atoms with Gasteiger partial charge in [0, 0.05) is 39.4 Å². The Morgan fingerprint density at radius 3 is 2.13 bits per heavy atom. The van der Waals surface area contributed by atoms with Crippen LogP contribution in [0.1, 0.15) is 102 Å². The van der Waals surface area contributed by atoms with Gasteiger partial charge in [0.15, 0.2) is 0 Å². The summed E-state index contributed by atoms with van der Waals surface area (Å²) in [5.74, 6) is -6.77. The summed E-state index contributed by atoms with van der Waals surface area (Å²) in [6.07, 6.45) is 11.2. The lowest BCUT2D eigenvalue weighted by atomic mass is 9.87. The number of ether oxygens (including phenoxy) is 3. The fraction of sp³-hybridized carbons (Fsp3) is 0.694. The normalized spacial score (nSPS) is 13.7. The predicted octanol–water partition coefficient (Wildman–Crippen LogP) is 7.87. The lowest BCUT2D eigenvalue weighted by Gasteiger charge is -2.24. The van der Waals surface area contributed by atoms with Crippen LogP contribution in [0.3, 0.4) is 0 Å². The van der Waals surface area contributed by atoms with Crippen molar-refractivity contribution < 1.29 is 46.9 Å². The molecule has 1 aromatic rings. The van der Waals surface area contributed by atoms with Crippen molar-refractivity contribution in [1.29, 1.82) is 0 Å². The van der Waals surface area contributed by atoms with Crippen LogP contribution in [0.5, 0.6) is 5.75 Å². The fourth-order valence-corrected chi connectivity index (χ4v) is 5.27. The molecular weight excluding hydrogens is 615 g/mol. The van der Waals surface area contributed by atoms with E-state index in [9.17, 15) is 32.7 Å². The maximum atomic E-state index is 14.2. The average molecular weight is 672 g/mol. The number of carboxylic acids is 1. The molecule has 0 spiro atoms. The maximum absolute atomic E-state index is 14.2. The van der Waals surface area contributed by atoms with Crippen LogP contribution in [0.2, 0.25) is 0 Å². The third kappa shape index (κ3) is 18.7. The van der Waals surface area contributed by atoms with E-state index in [1.807, 2.05) is 0 Å². The number of alkyl halides is 3. The first-order valence-corrected chi connectivity index (χ1v) is 17.0. The van der Waals surface area contributed by atoms with Gasteiger partial charge in [-0.25, -0.2) is 13.6 Å². The van der Waals surface area contributed by atoms with Gasteiger partial charge in [0.1, 0.15) is 11.8 Å². The Balaban J connectivity index is 2.79. The number of hydrogen-bond donors (Lipinski definition) is 2. The van der Waals surface area contributed by atoms with Gasteiger partial charge in [-0.1, -0.05) is 69.7 Å². The van der Waals surface area contributed by atoms with Crippen LogP contribution in [-0.4, -0.2) is 69.0 Å². The molecule has 0 heterocycles. The quantitative estimate of drug-likeness (QED) is 0.0530. The standard InChI is InChI=1S/C36H56F3NO7/c1-4-5-6-10-13-22-36(38,39)23-14-11-8-7-9-12-16-30(31(34(42)43)21-26-45-2)33(41)40-32(35(44)46-3)27-28-17-19-29(20-18-28)47-25-15-24-37/h12,16-20,30-32H,4-11,13-15,21-27H2,1-3H3,(H,40,41)(H,42,43)/t30-,31+,32-/m0/s1. The molecule has 47 heavy (non-hydrogen) atoms. The minimum atomic E-state index is -2.63. The molecule has 1 aromatic carbocycles. The Labute approximate surface area is 278 Å². The number of methoxy groups -OCH3 is 2. The second kappa shape index (κ2) is 25.0. The van der Waals surface area contributed by atoms with Crippen molar-refractivity contribution in [2.45, 2.75) is 115 Å². The molecule has 3 atom stereocenters. The summed E-state index contributed by atoms with van der Waals surface area (Å²) >= 11 is 0. The summed E-state index contributed by atoms with van der Waals surface area (Å²) in [6.45, 7) is 1.97. The van der Waals surface area contributed by atoms with E-state index in [-0.39, 0.29) is 45.3 Å². The molecule has 0 aliphatic carbocycles. The largest absolute Gasteiger partial charge is 0.494 e. The summed E-state index contributed by atoms with van der Waals surface area (Å²) in [4.78, 5) is 38.3. The smallest absolute Gasteiger partial charge is 0.328 e. The predicted molar refractivity (Wildman–Crippen MR) is 176 cm³/mol. The third-order valence-electron chi connectivity index (χ3n) is 8.05. The van der Waals surface area contributed by atoms with Crippen LogP contribution in [0.25, 0.3) is 0 Å². The molecule has 1 rings (SSSR count). The highest BCUT2D eigenvalue weighted by Gasteiger charge is 2.34. The summed E-state index contributed by atoms with van der Waals surface area (Å²) in [5.41, 5.74) is 0.699. The van der Waals surface area contributed by atoms with Gasteiger partial charge >= 0.3 is 11.9 Å². The molecule has 0 unspecified atom stereocenters. The summed E-state index contributed by atoms with van der Waals surface area (Å²) in [6, 6.07) is 5.73. The van der Waals surface area contributed by atoms with Gasteiger partial charge < -0.3 is 24.6 Å². The number of carboxylic acid groups (broad SMARTS) is 1. The van der Waals surface area contributed by atoms with Gasteiger partial charge in [0.25, 0.3) is 0 Å². The lowest BCUT2D eigenvalue weighted by Crippen LogP contribution is -2.47. The van der Waals surface area contributed by atoms with E-state index in [2.05, 4.69) is 12.2 Å². The molecule has 0 aliphatic heterocycles. The van der Waals surface area contributed by atoms with E-state index >= 15 is 0 Å². The van der Waals surface area contributed by atoms with E-state index in [1.165, 1.54) is 14.2 Å². The van der Waals surface area contributed by atoms with Gasteiger partial charge in [0.05, 0.1) is 32.2 Å². The van der Waals surface area contributed by atoms with E-state index in [0.717, 1.165) is 32.1 Å². The van der Waals surface area contributed by atoms with E-state index in [4.69, 9.17) is 14.2 Å². The summed E-state index contributed by atoms with van der Waals surface area (Å²) in [7, 11) is 2.65. The van der Waals surface area contributed by atoms with Crippen LogP contribution in [0.15, 0.2) is 36.4 Å². The molecule has 0 aromatic heterocycles. The number of rotatable bonds is 28. The van der Waals surface area contributed by atoms with Crippen LogP contribution in [0, 0.1) is 11.8 Å². The van der Waals surface area contributed by atoms with Crippen LogP contribution >= 0.6 is 0 Å². The van der Waals surface area contributed by atoms with E-state index in [0.29, 0.717) is 43.4 Å². The molecule has 1 amide bonds. The average Bonchev–Trinajstić information content (AvgIpc) is 3.04. The number of nitrogens with one attached hydrogen (secondary N) is 1. The van der Waals surface area contributed by atoms with E-state index in [1.54, 1.807) is 36.4 Å². The zero-order valence-corrected chi connectivity index (χ0v) is 28.5.